The van der Waals surface area contributed by atoms with Crippen molar-refractivity contribution in [3.63, 3.8) is 0 Å². The molecule has 0 saturated heterocycles. The van der Waals surface area contributed by atoms with Crippen molar-refractivity contribution in [3.8, 4) is 5.75 Å². The van der Waals surface area contributed by atoms with Crippen molar-refractivity contribution in [2.75, 3.05) is 7.11 Å². The molecule has 1 aromatic carbocycles. The number of aromatic nitrogens is 1. The van der Waals surface area contributed by atoms with Crippen LogP contribution in [0.15, 0.2) is 22.6 Å². The number of nitrogens with zero attached hydrogens (tertiary/aromatic N) is 1. The minimum absolute atomic E-state index is 0.120. The van der Waals surface area contributed by atoms with E-state index in [4.69, 9.17) is 14.9 Å². The summed E-state index contributed by atoms with van der Waals surface area (Å²) in [6.07, 6.45) is 5.28. The van der Waals surface area contributed by atoms with E-state index in [1.807, 2.05) is 18.2 Å². The molecule has 2 aromatic rings. The Bertz CT molecular complexity index is 556. The smallest absolute Gasteiger partial charge is 0.197 e. The van der Waals surface area contributed by atoms with Gasteiger partial charge in [0.2, 0.25) is 0 Å². The van der Waals surface area contributed by atoms with E-state index in [1.54, 1.807) is 7.11 Å². The highest BCUT2D eigenvalue weighted by Crippen LogP contribution is 2.31. The lowest BCUT2D eigenvalue weighted by Crippen LogP contribution is -2.38. The molecule has 0 aliphatic heterocycles. The Hall–Kier alpha value is -1.55. The number of nitrogens with two attached hydrogens (primary N) is 1. The first-order chi connectivity index (χ1) is 8.68. The number of methoxy groups -OCH3 is 1. The zero-order valence-corrected chi connectivity index (χ0v) is 10.6. The highest BCUT2D eigenvalue weighted by Gasteiger charge is 2.31. The lowest BCUT2D eigenvalue weighted by atomic mass is 9.95. The number of hydrogen-bond acceptors (Lipinski definition) is 4. The van der Waals surface area contributed by atoms with Gasteiger partial charge in [0.1, 0.15) is 11.3 Å². The lowest BCUT2D eigenvalue weighted by Gasteiger charge is -2.20. The van der Waals surface area contributed by atoms with Crippen LogP contribution in [0.1, 0.15) is 31.6 Å². The molecule has 1 aromatic heterocycles. The van der Waals surface area contributed by atoms with Crippen LogP contribution in [0.5, 0.6) is 5.75 Å². The van der Waals surface area contributed by atoms with Crippen LogP contribution in [0, 0.1) is 0 Å². The molecule has 96 valence electrons. The number of fused-ring (bicyclic) bond motifs is 1. The molecule has 1 fully saturated rings. The highest BCUT2D eigenvalue weighted by atomic mass is 16.5. The normalized spacial score (nSPS) is 18.3. The molecule has 4 nitrogen and oxygen atoms in total. The second kappa shape index (κ2) is 4.28. The van der Waals surface area contributed by atoms with E-state index in [2.05, 4.69) is 4.98 Å². The molecule has 1 saturated carbocycles. The van der Waals surface area contributed by atoms with E-state index in [-0.39, 0.29) is 5.54 Å². The molecule has 0 spiro atoms. The maximum absolute atomic E-state index is 6.34. The number of benzene rings is 1. The van der Waals surface area contributed by atoms with Crippen LogP contribution in [0.2, 0.25) is 0 Å². The average Bonchev–Trinajstić information content (AvgIpc) is 2.94. The summed E-state index contributed by atoms with van der Waals surface area (Å²) in [6.45, 7) is 0. The van der Waals surface area contributed by atoms with Gasteiger partial charge in [-0.15, -0.1) is 0 Å². The van der Waals surface area contributed by atoms with E-state index in [0.29, 0.717) is 0 Å². The zero-order chi connectivity index (χ0) is 12.6. The second-order valence-corrected chi connectivity index (χ2v) is 5.19. The molecule has 18 heavy (non-hydrogen) atoms. The molecule has 0 atom stereocenters. The highest BCUT2D eigenvalue weighted by molar-refractivity contribution is 5.74. The molecule has 1 heterocycles. The summed E-state index contributed by atoms with van der Waals surface area (Å²) in [5.41, 5.74) is 7.86. The topological polar surface area (TPSA) is 61.3 Å². The van der Waals surface area contributed by atoms with E-state index >= 15 is 0 Å². The maximum atomic E-state index is 6.34. The van der Waals surface area contributed by atoms with Crippen LogP contribution in [0.25, 0.3) is 11.1 Å². The zero-order valence-electron chi connectivity index (χ0n) is 10.6. The fourth-order valence-corrected chi connectivity index (χ4v) is 2.71. The Labute approximate surface area is 106 Å². The van der Waals surface area contributed by atoms with E-state index in [0.717, 1.165) is 42.0 Å². The minimum Gasteiger partial charge on any atom is -0.497 e. The fourth-order valence-electron chi connectivity index (χ4n) is 2.71. The second-order valence-electron chi connectivity index (χ2n) is 5.19. The van der Waals surface area contributed by atoms with Crippen LogP contribution in [0.4, 0.5) is 0 Å². The average molecular weight is 246 g/mol. The molecular weight excluding hydrogens is 228 g/mol. The third kappa shape index (κ3) is 2.08. The molecule has 3 rings (SSSR count). The fraction of sp³-hybridized carbons (Fsp3) is 0.500. The summed E-state index contributed by atoms with van der Waals surface area (Å²) in [6, 6.07) is 5.66. The van der Waals surface area contributed by atoms with Crippen LogP contribution in [0.3, 0.4) is 0 Å². The van der Waals surface area contributed by atoms with Gasteiger partial charge in [0.15, 0.2) is 11.5 Å². The number of rotatable bonds is 3. The molecule has 0 bridgehead atoms. The molecule has 2 N–H and O–H groups in total. The maximum Gasteiger partial charge on any atom is 0.197 e. The Morgan fingerprint density at radius 3 is 2.89 bits per heavy atom. The van der Waals surface area contributed by atoms with Crippen LogP contribution >= 0.6 is 0 Å². The first-order valence-electron chi connectivity index (χ1n) is 6.41. The molecular formula is C14H18N2O2. The Balaban J connectivity index is 1.88. The number of hydrogen-bond donors (Lipinski definition) is 1. The van der Waals surface area contributed by atoms with Crippen molar-refractivity contribution in [2.45, 2.75) is 37.6 Å². The van der Waals surface area contributed by atoms with Gasteiger partial charge in [-0.05, 0) is 25.0 Å². The third-order valence-corrected chi connectivity index (χ3v) is 3.74. The molecule has 0 radical (unpaired) electrons. The molecule has 4 heteroatoms. The van der Waals surface area contributed by atoms with Gasteiger partial charge in [0.05, 0.1) is 7.11 Å². The third-order valence-electron chi connectivity index (χ3n) is 3.74. The van der Waals surface area contributed by atoms with Crippen LogP contribution in [-0.4, -0.2) is 17.6 Å². The minimum atomic E-state index is -0.120. The van der Waals surface area contributed by atoms with Gasteiger partial charge in [-0.2, -0.15) is 0 Å². The van der Waals surface area contributed by atoms with E-state index in [1.165, 1.54) is 12.8 Å². The first kappa shape index (κ1) is 11.5. The molecule has 1 aliphatic carbocycles. The quantitative estimate of drug-likeness (QED) is 0.904. The number of oxazole rings is 1. The van der Waals surface area contributed by atoms with Gasteiger partial charge in [0, 0.05) is 18.0 Å². The first-order valence-corrected chi connectivity index (χ1v) is 6.41. The van der Waals surface area contributed by atoms with E-state index in [9.17, 15) is 0 Å². The Morgan fingerprint density at radius 1 is 1.39 bits per heavy atom. The van der Waals surface area contributed by atoms with E-state index < -0.39 is 0 Å². The Kier molecular flexibility index (Phi) is 2.74. The van der Waals surface area contributed by atoms with Crippen molar-refractivity contribution in [3.05, 3.63) is 24.1 Å². The summed E-state index contributed by atoms with van der Waals surface area (Å²) in [4.78, 5) is 4.50. The van der Waals surface area contributed by atoms with Gasteiger partial charge < -0.3 is 14.9 Å². The monoisotopic (exact) mass is 246 g/mol. The van der Waals surface area contributed by atoms with Gasteiger partial charge in [-0.1, -0.05) is 12.8 Å². The van der Waals surface area contributed by atoms with Gasteiger partial charge in [0.25, 0.3) is 0 Å². The standard InChI is InChI=1S/C14H18N2O2/c1-17-10-4-5-12-11(8-10)16-13(18-12)9-14(15)6-2-3-7-14/h4-5,8H,2-3,6-7,9,15H2,1H3. The summed E-state index contributed by atoms with van der Waals surface area (Å²) >= 11 is 0. The number of ether oxygens (including phenoxy) is 1. The van der Waals surface area contributed by atoms with Gasteiger partial charge in [-0.25, -0.2) is 4.98 Å². The summed E-state index contributed by atoms with van der Waals surface area (Å²) < 4.78 is 10.9. The van der Waals surface area contributed by atoms with Gasteiger partial charge >= 0.3 is 0 Å². The Morgan fingerprint density at radius 2 is 2.17 bits per heavy atom. The van der Waals surface area contributed by atoms with Gasteiger partial charge in [-0.3, -0.25) is 0 Å². The molecule has 0 amide bonds. The van der Waals surface area contributed by atoms with Crippen molar-refractivity contribution in [2.24, 2.45) is 5.73 Å². The van der Waals surface area contributed by atoms with Crippen molar-refractivity contribution in [1.82, 2.24) is 4.98 Å². The SMILES string of the molecule is COc1ccc2oc(CC3(N)CCCC3)nc2c1. The predicted molar refractivity (Wildman–Crippen MR) is 69.7 cm³/mol. The van der Waals surface area contributed by atoms with Crippen molar-refractivity contribution in [1.29, 1.82) is 0 Å². The molecule has 0 unspecified atom stereocenters. The molecule has 1 aliphatic rings. The summed E-state index contributed by atoms with van der Waals surface area (Å²) in [5, 5.41) is 0. The van der Waals surface area contributed by atoms with Crippen molar-refractivity contribution >= 4 is 11.1 Å². The lowest BCUT2D eigenvalue weighted by molar-refractivity contribution is 0.385. The van der Waals surface area contributed by atoms with Crippen LogP contribution in [-0.2, 0) is 6.42 Å². The van der Waals surface area contributed by atoms with Crippen LogP contribution < -0.4 is 10.5 Å². The largest absolute Gasteiger partial charge is 0.497 e. The summed E-state index contributed by atoms with van der Waals surface area (Å²) in [7, 11) is 1.65. The predicted octanol–water partition coefficient (Wildman–Crippen LogP) is 2.65. The van der Waals surface area contributed by atoms with Crippen molar-refractivity contribution < 1.29 is 9.15 Å². The summed E-state index contributed by atoms with van der Waals surface area (Å²) in [5.74, 6) is 1.54.